The standard InChI is InChI=1S/C20H23BrN2O4/c1-25-17-8-14(9-18(11-17)26-2)12-22-20(24)23-6-7-27-19(13-23)15-4-3-5-16(21)10-15/h3-5,8-11,19H,6-7,12-13H2,1-2H3,(H,22,24). The van der Waals surface area contributed by atoms with Gasteiger partial charge in [0.25, 0.3) is 0 Å². The highest BCUT2D eigenvalue weighted by molar-refractivity contribution is 9.10. The number of carbonyl (C=O) groups excluding carboxylic acids is 1. The number of urea groups is 1. The quantitative estimate of drug-likeness (QED) is 0.778. The fourth-order valence-corrected chi connectivity index (χ4v) is 3.42. The van der Waals surface area contributed by atoms with Crippen LogP contribution in [0.3, 0.4) is 0 Å². The predicted octanol–water partition coefficient (Wildman–Crippen LogP) is 3.75. The largest absolute Gasteiger partial charge is 0.497 e. The minimum absolute atomic E-state index is 0.111. The van der Waals surface area contributed by atoms with Crippen molar-refractivity contribution in [2.45, 2.75) is 12.6 Å². The third-order valence-electron chi connectivity index (χ3n) is 4.43. The summed E-state index contributed by atoms with van der Waals surface area (Å²) in [6, 6.07) is 13.4. The van der Waals surface area contributed by atoms with Gasteiger partial charge in [-0.15, -0.1) is 0 Å². The summed E-state index contributed by atoms with van der Waals surface area (Å²) >= 11 is 3.48. The molecule has 1 atom stereocenters. The second-order valence-corrected chi connectivity index (χ2v) is 7.16. The van der Waals surface area contributed by atoms with Gasteiger partial charge in [-0.25, -0.2) is 4.79 Å². The average Bonchev–Trinajstić information content (AvgIpc) is 2.71. The maximum absolute atomic E-state index is 12.6. The Morgan fingerprint density at radius 2 is 1.96 bits per heavy atom. The molecule has 1 saturated heterocycles. The van der Waals surface area contributed by atoms with Gasteiger partial charge in [-0.3, -0.25) is 0 Å². The zero-order valence-electron chi connectivity index (χ0n) is 15.4. The molecule has 0 aromatic heterocycles. The van der Waals surface area contributed by atoms with Crippen LogP contribution in [-0.2, 0) is 11.3 Å². The third kappa shape index (κ3) is 5.14. The maximum Gasteiger partial charge on any atom is 0.317 e. The molecule has 0 radical (unpaired) electrons. The van der Waals surface area contributed by atoms with Crippen LogP contribution in [0.1, 0.15) is 17.2 Å². The van der Waals surface area contributed by atoms with E-state index < -0.39 is 0 Å². The molecule has 3 rings (SSSR count). The maximum atomic E-state index is 12.6. The van der Waals surface area contributed by atoms with Crippen molar-refractivity contribution in [3.8, 4) is 11.5 Å². The van der Waals surface area contributed by atoms with E-state index in [0.717, 1.165) is 15.6 Å². The Balaban J connectivity index is 1.61. The van der Waals surface area contributed by atoms with Crippen molar-refractivity contribution in [2.24, 2.45) is 0 Å². The van der Waals surface area contributed by atoms with Crippen LogP contribution in [0.25, 0.3) is 0 Å². The molecule has 0 bridgehead atoms. The molecule has 1 aliphatic rings. The van der Waals surface area contributed by atoms with E-state index in [1.54, 1.807) is 25.2 Å². The monoisotopic (exact) mass is 434 g/mol. The summed E-state index contributed by atoms with van der Waals surface area (Å²) in [7, 11) is 3.21. The van der Waals surface area contributed by atoms with Gasteiger partial charge in [0.2, 0.25) is 0 Å². The summed E-state index contributed by atoms with van der Waals surface area (Å²) in [6.45, 7) is 1.99. The van der Waals surface area contributed by atoms with Gasteiger partial charge in [0.15, 0.2) is 0 Å². The van der Waals surface area contributed by atoms with Crippen molar-refractivity contribution in [1.29, 1.82) is 0 Å². The summed E-state index contributed by atoms with van der Waals surface area (Å²) in [5.74, 6) is 1.39. The number of hydrogen-bond acceptors (Lipinski definition) is 4. The summed E-state index contributed by atoms with van der Waals surface area (Å²) in [5.41, 5.74) is 1.97. The molecule has 1 fully saturated rings. The van der Waals surface area contributed by atoms with E-state index in [-0.39, 0.29) is 12.1 Å². The number of ether oxygens (including phenoxy) is 3. The van der Waals surface area contributed by atoms with Crippen LogP contribution in [0, 0.1) is 0 Å². The minimum Gasteiger partial charge on any atom is -0.497 e. The second kappa shape index (κ2) is 9.10. The molecule has 7 heteroatoms. The molecular weight excluding hydrogens is 412 g/mol. The number of rotatable bonds is 5. The van der Waals surface area contributed by atoms with E-state index >= 15 is 0 Å². The highest BCUT2D eigenvalue weighted by atomic mass is 79.9. The summed E-state index contributed by atoms with van der Waals surface area (Å²) in [6.07, 6.45) is -0.126. The van der Waals surface area contributed by atoms with Gasteiger partial charge in [-0.1, -0.05) is 28.1 Å². The van der Waals surface area contributed by atoms with Gasteiger partial charge >= 0.3 is 6.03 Å². The topological polar surface area (TPSA) is 60.0 Å². The third-order valence-corrected chi connectivity index (χ3v) is 4.92. The van der Waals surface area contributed by atoms with Crippen molar-refractivity contribution in [3.05, 3.63) is 58.1 Å². The number of benzene rings is 2. The molecule has 1 heterocycles. The van der Waals surface area contributed by atoms with E-state index in [4.69, 9.17) is 14.2 Å². The lowest BCUT2D eigenvalue weighted by atomic mass is 10.1. The number of nitrogens with one attached hydrogen (secondary N) is 1. The highest BCUT2D eigenvalue weighted by Gasteiger charge is 2.25. The number of morpholine rings is 1. The van der Waals surface area contributed by atoms with Crippen LogP contribution in [0.15, 0.2) is 46.9 Å². The smallest absolute Gasteiger partial charge is 0.317 e. The average molecular weight is 435 g/mol. The van der Waals surface area contributed by atoms with Crippen molar-refractivity contribution in [2.75, 3.05) is 33.9 Å². The molecule has 6 nitrogen and oxygen atoms in total. The number of methoxy groups -OCH3 is 2. The summed E-state index contributed by atoms with van der Waals surface area (Å²) in [4.78, 5) is 14.4. The molecule has 1 aliphatic heterocycles. The van der Waals surface area contributed by atoms with E-state index in [2.05, 4.69) is 21.2 Å². The zero-order valence-corrected chi connectivity index (χ0v) is 17.0. The first kappa shape index (κ1) is 19.5. The van der Waals surface area contributed by atoms with Crippen LogP contribution < -0.4 is 14.8 Å². The number of amides is 2. The lowest BCUT2D eigenvalue weighted by Crippen LogP contribution is -2.46. The molecule has 0 spiro atoms. The molecule has 0 saturated carbocycles. The predicted molar refractivity (Wildman–Crippen MR) is 106 cm³/mol. The van der Waals surface area contributed by atoms with Gasteiger partial charge in [-0.2, -0.15) is 0 Å². The second-order valence-electron chi connectivity index (χ2n) is 6.24. The first-order valence-corrected chi connectivity index (χ1v) is 9.50. The van der Waals surface area contributed by atoms with Crippen molar-refractivity contribution in [3.63, 3.8) is 0 Å². The normalized spacial score (nSPS) is 16.7. The summed E-state index contributed by atoms with van der Waals surface area (Å²) < 4.78 is 17.4. The molecular formula is C20H23BrN2O4. The Labute approximate surface area is 167 Å². The van der Waals surface area contributed by atoms with Gasteiger partial charge in [0.05, 0.1) is 27.4 Å². The van der Waals surface area contributed by atoms with Gasteiger partial charge in [0.1, 0.15) is 17.6 Å². The molecule has 1 unspecified atom stereocenters. The highest BCUT2D eigenvalue weighted by Crippen LogP contribution is 2.25. The molecule has 2 amide bonds. The molecule has 1 N–H and O–H groups in total. The van der Waals surface area contributed by atoms with Crippen molar-refractivity contribution >= 4 is 22.0 Å². The Kier molecular flexibility index (Phi) is 6.58. The molecule has 27 heavy (non-hydrogen) atoms. The molecule has 144 valence electrons. The van der Waals surface area contributed by atoms with Crippen molar-refractivity contribution < 1.29 is 19.0 Å². The first-order valence-electron chi connectivity index (χ1n) is 8.71. The van der Waals surface area contributed by atoms with Gasteiger partial charge < -0.3 is 24.4 Å². The molecule has 2 aromatic rings. The fourth-order valence-electron chi connectivity index (χ4n) is 3.00. The first-order chi connectivity index (χ1) is 13.1. The lowest BCUT2D eigenvalue weighted by Gasteiger charge is -2.33. The Morgan fingerprint density at radius 1 is 1.22 bits per heavy atom. The van der Waals surface area contributed by atoms with Crippen LogP contribution in [0.4, 0.5) is 4.79 Å². The number of nitrogens with zero attached hydrogens (tertiary/aromatic N) is 1. The van der Waals surface area contributed by atoms with E-state index in [1.165, 1.54) is 0 Å². The Hall–Kier alpha value is -2.25. The zero-order chi connectivity index (χ0) is 19.2. The van der Waals surface area contributed by atoms with Gasteiger partial charge in [0, 0.05) is 23.6 Å². The van der Waals surface area contributed by atoms with E-state index in [0.29, 0.717) is 37.7 Å². The van der Waals surface area contributed by atoms with Crippen LogP contribution in [0.5, 0.6) is 11.5 Å². The van der Waals surface area contributed by atoms with Gasteiger partial charge in [-0.05, 0) is 35.4 Å². The number of carbonyl (C=O) groups is 1. The number of hydrogen-bond donors (Lipinski definition) is 1. The minimum atomic E-state index is -0.126. The Bertz CT molecular complexity index is 777. The fraction of sp³-hybridized carbons (Fsp3) is 0.350. The lowest BCUT2D eigenvalue weighted by molar-refractivity contribution is -0.0155. The van der Waals surface area contributed by atoms with Crippen LogP contribution >= 0.6 is 15.9 Å². The van der Waals surface area contributed by atoms with Crippen molar-refractivity contribution in [1.82, 2.24) is 10.2 Å². The number of halogens is 1. The Morgan fingerprint density at radius 3 is 2.63 bits per heavy atom. The van der Waals surface area contributed by atoms with Crippen LogP contribution in [0.2, 0.25) is 0 Å². The van der Waals surface area contributed by atoms with E-state index in [1.807, 2.05) is 36.4 Å². The molecule has 2 aromatic carbocycles. The summed E-state index contributed by atoms with van der Waals surface area (Å²) in [5, 5.41) is 2.97. The molecule has 0 aliphatic carbocycles. The van der Waals surface area contributed by atoms with Crippen LogP contribution in [-0.4, -0.2) is 44.8 Å². The van der Waals surface area contributed by atoms with E-state index in [9.17, 15) is 4.79 Å². The SMILES string of the molecule is COc1cc(CNC(=O)N2CCOC(c3cccc(Br)c3)C2)cc(OC)c1.